The second-order valence-corrected chi connectivity index (χ2v) is 8.11. The molecule has 3 aromatic rings. The average molecular weight is 434 g/mol. The number of carbonyl (C=O) groups is 1. The third kappa shape index (κ3) is 6.47. The summed E-state index contributed by atoms with van der Waals surface area (Å²) in [6.45, 7) is 3.93. The maximum absolute atomic E-state index is 12.5. The molecule has 0 saturated heterocycles. The van der Waals surface area contributed by atoms with E-state index in [2.05, 4.69) is 41.7 Å². The Morgan fingerprint density at radius 1 is 1.00 bits per heavy atom. The zero-order chi connectivity index (χ0) is 22.2. The van der Waals surface area contributed by atoms with Crippen LogP contribution in [0.25, 0.3) is 17.2 Å². The maximum atomic E-state index is 12.5. The van der Waals surface area contributed by atoms with Gasteiger partial charge in [-0.3, -0.25) is 4.79 Å². The Kier molecular flexibility index (Phi) is 7.91. The predicted molar refractivity (Wildman–Crippen MR) is 129 cm³/mol. The van der Waals surface area contributed by atoms with Crippen molar-refractivity contribution in [3.8, 4) is 16.9 Å². The zero-order valence-corrected chi connectivity index (χ0v) is 18.9. The summed E-state index contributed by atoms with van der Waals surface area (Å²) in [5.41, 5.74) is 4.37. The van der Waals surface area contributed by atoms with Gasteiger partial charge in [-0.25, -0.2) is 0 Å². The number of amides is 1. The van der Waals surface area contributed by atoms with E-state index in [-0.39, 0.29) is 17.9 Å². The van der Waals surface area contributed by atoms with E-state index in [0.717, 1.165) is 16.7 Å². The van der Waals surface area contributed by atoms with Crippen LogP contribution in [0.1, 0.15) is 25.0 Å². The van der Waals surface area contributed by atoms with Crippen LogP contribution in [0.2, 0.25) is 5.02 Å². The molecule has 1 N–H and O–H groups in total. The molecule has 0 fully saturated rings. The standard InChI is InChI=1S/C27H28ClNO2/c1-19(2)31-26-16-12-21(18-25(26)28)11-15-24(27(30)29-3)17-20-9-13-23(14-10-20)22-7-5-4-6-8-22/h4-16,18-19,24H,17H2,1-3H3,(H,29,30)/t24-/m0/s1. The number of halogens is 1. The molecule has 3 rings (SSSR count). The number of hydrogen-bond donors (Lipinski definition) is 1. The lowest BCUT2D eigenvalue weighted by Crippen LogP contribution is -2.27. The first-order valence-electron chi connectivity index (χ1n) is 10.5. The molecule has 1 atom stereocenters. The van der Waals surface area contributed by atoms with Crippen LogP contribution < -0.4 is 10.1 Å². The summed E-state index contributed by atoms with van der Waals surface area (Å²) < 4.78 is 5.68. The summed E-state index contributed by atoms with van der Waals surface area (Å²) in [6, 6.07) is 24.3. The summed E-state index contributed by atoms with van der Waals surface area (Å²) >= 11 is 6.34. The highest BCUT2D eigenvalue weighted by Crippen LogP contribution is 2.27. The van der Waals surface area contributed by atoms with Gasteiger partial charge in [-0.1, -0.05) is 84.4 Å². The monoisotopic (exact) mass is 433 g/mol. The number of benzene rings is 3. The van der Waals surface area contributed by atoms with Crippen molar-refractivity contribution >= 4 is 23.6 Å². The van der Waals surface area contributed by atoms with Crippen LogP contribution in [0.3, 0.4) is 0 Å². The molecule has 3 aromatic carbocycles. The van der Waals surface area contributed by atoms with E-state index in [9.17, 15) is 4.79 Å². The zero-order valence-electron chi connectivity index (χ0n) is 18.1. The molecule has 0 heterocycles. The molecule has 0 aliphatic rings. The summed E-state index contributed by atoms with van der Waals surface area (Å²) in [5.74, 6) is 0.363. The third-order valence-corrected chi connectivity index (χ3v) is 5.23. The molecular weight excluding hydrogens is 406 g/mol. The molecule has 0 bridgehead atoms. The van der Waals surface area contributed by atoms with Crippen molar-refractivity contribution in [2.75, 3.05) is 7.05 Å². The van der Waals surface area contributed by atoms with Crippen molar-refractivity contribution in [1.82, 2.24) is 5.32 Å². The Labute approximate surface area is 189 Å². The summed E-state index contributed by atoms with van der Waals surface area (Å²) in [7, 11) is 1.66. The fraction of sp³-hybridized carbons (Fsp3) is 0.222. The fourth-order valence-electron chi connectivity index (χ4n) is 3.35. The van der Waals surface area contributed by atoms with Crippen LogP contribution in [0, 0.1) is 5.92 Å². The SMILES string of the molecule is CNC(=O)[C@@H](C=Cc1ccc(OC(C)C)c(Cl)c1)Cc1ccc(-c2ccccc2)cc1. The van der Waals surface area contributed by atoms with Gasteiger partial charge in [-0.2, -0.15) is 0 Å². The Morgan fingerprint density at radius 3 is 2.29 bits per heavy atom. The van der Waals surface area contributed by atoms with Crippen LogP contribution in [-0.4, -0.2) is 19.1 Å². The Bertz CT molecular complexity index is 1030. The van der Waals surface area contributed by atoms with Gasteiger partial charge in [0.1, 0.15) is 5.75 Å². The summed E-state index contributed by atoms with van der Waals surface area (Å²) in [5, 5.41) is 3.32. The number of carbonyl (C=O) groups excluding carboxylic acids is 1. The van der Waals surface area contributed by atoms with Crippen LogP contribution in [0.15, 0.2) is 78.9 Å². The number of rotatable bonds is 8. The Morgan fingerprint density at radius 2 is 1.68 bits per heavy atom. The van der Waals surface area contributed by atoms with Crippen LogP contribution in [-0.2, 0) is 11.2 Å². The van der Waals surface area contributed by atoms with Crippen molar-refractivity contribution in [3.05, 3.63) is 95.0 Å². The number of nitrogens with one attached hydrogen (secondary N) is 1. The molecule has 0 aliphatic carbocycles. The highest BCUT2D eigenvalue weighted by atomic mass is 35.5. The van der Waals surface area contributed by atoms with E-state index >= 15 is 0 Å². The largest absolute Gasteiger partial charge is 0.489 e. The summed E-state index contributed by atoms with van der Waals surface area (Å²) in [4.78, 5) is 12.5. The van der Waals surface area contributed by atoms with Gasteiger partial charge in [0.15, 0.2) is 0 Å². The predicted octanol–water partition coefficient (Wildman–Crippen LogP) is 6.41. The third-order valence-electron chi connectivity index (χ3n) is 4.94. The molecular formula is C27H28ClNO2. The van der Waals surface area contributed by atoms with Crippen molar-refractivity contribution in [2.45, 2.75) is 26.4 Å². The lowest BCUT2D eigenvalue weighted by Gasteiger charge is -2.13. The molecule has 0 aliphatic heterocycles. The molecule has 31 heavy (non-hydrogen) atoms. The van der Waals surface area contributed by atoms with Gasteiger partial charge in [0.05, 0.1) is 17.0 Å². The van der Waals surface area contributed by atoms with Gasteiger partial charge in [0.2, 0.25) is 5.91 Å². The van der Waals surface area contributed by atoms with Gasteiger partial charge in [0.25, 0.3) is 0 Å². The molecule has 0 radical (unpaired) electrons. The van der Waals surface area contributed by atoms with Gasteiger partial charge in [0, 0.05) is 7.05 Å². The van der Waals surface area contributed by atoms with E-state index in [1.807, 2.05) is 62.4 Å². The second-order valence-electron chi connectivity index (χ2n) is 7.70. The van der Waals surface area contributed by atoms with Crippen molar-refractivity contribution in [1.29, 1.82) is 0 Å². The van der Waals surface area contributed by atoms with Crippen molar-refractivity contribution < 1.29 is 9.53 Å². The van der Waals surface area contributed by atoms with Crippen LogP contribution in [0.4, 0.5) is 0 Å². The first-order chi connectivity index (χ1) is 15.0. The van der Waals surface area contributed by atoms with Gasteiger partial charge in [-0.05, 0) is 54.7 Å². The van der Waals surface area contributed by atoms with E-state index in [1.54, 1.807) is 7.05 Å². The minimum absolute atomic E-state index is 0.0192. The minimum atomic E-state index is -0.280. The topological polar surface area (TPSA) is 38.3 Å². The molecule has 3 nitrogen and oxygen atoms in total. The average Bonchev–Trinajstić information content (AvgIpc) is 2.78. The highest BCUT2D eigenvalue weighted by molar-refractivity contribution is 6.32. The van der Waals surface area contributed by atoms with E-state index < -0.39 is 0 Å². The van der Waals surface area contributed by atoms with Gasteiger partial charge < -0.3 is 10.1 Å². The normalized spacial score (nSPS) is 12.2. The summed E-state index contributed by atoms with van der Waals surface area (Å²) in [6.07, 6.45) is 4.54. The van der Waals surface area contributed by atoms with E-state index in [1.165, 1.54) is 5.56 Å². The first-order valence-corrected chi connectivity index (χ1v) is 10.8. The van der Waals surface area contributed by atoms with Crippen LogP contribution in [0.5, 0.6) is 5.75 Å². The molecule has 0 unspecified atom stereocenters. The minimum Gasteiger partial charge on any atom is -0.489 e. The molecule has 1 amide bonds. The van der Waals surface area contributed by atoms with Gasteiger partial charge >= 0.3 is 0 Å². The Hall–Kier alpha value is -3.04. The lowest BCUT2D eigenvalue weighted by molar-refractivity contribution is -0.123. The van der Waals surface area contributed by atoms with E-state index in [4.69, 9.17) is 16.3 Å². The lowest BCUT2D eigenvalue weighted by atomic mass is 9.95. The smallest absolute Gasteiger partial charge is 0.227 e. The first kappa shape index (κ1) is 22.6. The molecule has 160 valence electrons. The maximum Gasteiger partial charge on any atom is 0.227 e. The molecule has 0 aromatic heterocycles. The fourth-order valence-corrected chi connectivity index (χ4v) is 3.58. The van der Waals surface area contributed by atoms with Gasteiger partial charge in [-0.15, -0.1) is 0 Å². The van der Waals surface area contributed by atoms with Crippen LogP contribution >= 0.6 is 11.6 Å². The second kappa shape index (κ2) is 10.8. The Balaban J connectivity index is 1.73. The molecule has 0 spiro atoms. The molecule has 0 saturated carbocycles. The number of ether oxygens (including phenoxy) is 1. The van der Waals surface area contributed by atoms with Crippen molar-refractivity contribution in [2.24, 2.45) is 5.92 Å². The molecule has 4 heteroatoms. The van der Waals surface area contributed by atoms with Crippen molar-refractivity contribution in [3.63, 3.8) is 0 Å². The van der Waals surface area contributed by atoms with E-state index in [0.29, 0.717) is 17.2 Å². The highest BCUT2D eigenvalue weighted by Gasteiger charge is 2.15. The number of hydrogen-bond acceptors (Lipinski definition) is 2. The quantitative estimate of drug-likeness (QED) is 0.445.